The highest BCUT2D eigenvalue weighted by Gasteiger charge is 2.33. The number of sulfonamides is 1. The Hall–Kier alpha value is -2.09. The lowest BCUT2D eigenvalue weighted by Gasteiger charge is -2.23. The van der Waals surface area contributed by atoms with E-state index in [-0.39, 0.29) is 21.2 Å². The second-order valence-corrected chi connectivity index (χ2v) is 12.7. The molecule has 0 fully saturated rings. The molecule has 0 radical (unpaired) electrons. The summed E-state index contributed by atoms with van der Waals surface area (Å²) in [7, 11) is -8.54. The molecule has 8 nitrogen and oxygen atoms in total. The molecular formula is C22H24Cl2FN3O5S3. The topological polar surface area (TPSA) is 119 Å². The zero-order valence-corrected chi connectivity index (χ0v) is 22.8. The van der Waals surface area contributed by atoms with Crippen LogP contribution in [-0.4, -0.2) is 48.2 Å². The fraction of sp³-hybridized carbons (Fsp3) is 0.273. The Morgan fingerprint density at radius 1 is 0.972 bits per heavy atom. The number of nitrogens with one attached hydrogen (secondary N) is 1. The van der Waals surface area contributed by atoms with Crippen molar-refractivity contribution in [3.05, 3.63) is 71.4 Å². The predicted molar refractivity (Wildman–Crippen MR) is 143 cm³/mol. The second-order valence-electron chi connectivity index (χ2n) is 7.47. The molecule has 0 aliphatic rings. The Morgan fingerprint density at radius 3 is 2.11 bits per heavy atom. The van der Waals surface area contributed by atoms with Crippen LogP contribution in [0.1, 0.15) is 10.8 Å². The van der Waals surface area contributed by atoms with Crippen molar-refractivity contribution in [3.8, 4) is 5.75 Å². The summed E-state index contributed by atoms with van der Waals surface area (Å²) in [4.78, 5) is 1.73. The number of nitrogens with two attached hydrogens (primary N) is 1. The molecule has 0 saturated carbocycles. The Labute approximate surface area is 224 Å². The van der Waals surface area contributed by atoms with Crippen LogP contribution in [0.4, 0.5) is 15.1 Å². The lowest BCUT2D eigenvalue weighted by Crippen LogP contribution is -2.33. The Balaban J connectivity index is 1.83. The number of rotatable bonds is 13. The van der Waals surface area contributed by atoms with Crippen molar-refractivity contribution in [2.75, 3.05) is 42.0 Å². The van der Waals surface area contributed by atoms with Crippen molar-refractivity contribution < 1.29 is 25.4 Å². The Kier molecular flexibility index (Phi) is 9.84. The summed E-state index contributed by atoms with van der Waals surface area (Å²) < 4.78 is 72.7. The van der Waals surface area contributed by atoms with Crippen LogP contribution in [0.3, 0.4) is 0 Å². The van der Waals surface area contributed by atoms with Crippen LogP contribution in [0, 0.1) is 5.82 Å². The van der Waals surface area contributed by atoms with Crippen molar-refractivity contribution in [1.82, 2.24) is 4.72 Å². The molecule has 1 heterocycles. The van der Waals surface area contributed by atoms with Gasteiger partial charge in [-0.05, 0) is 60.0 Å². The Morgan fingerprint density at radius 2 is 1.58 bits per heavy atom. The maximum absolute atomic E-state index is 13.3. The molecule has 1 atom stereocenters. The van der Waals surface area contributed by atoms with Crippen LogP contribution in [0.15, 0.2) is 64.9 Å². The van der Waals surface area contributed by atoms with E-state index in [1.165, 1.54) is 18.2 Å². The second kappa shape index (κ2) is 12.4. The molecule has 1 unspecified atom stereocenters. The smallest absolute Gasteiger partial charge is 0.317 e. The first kappa shape index (κ1) is 28.5. The Bertz CT molecular complexity index is 1350. The fourth-order valence-electron chi connectivity index (χ4n) is 3.33. The summed E-state index contributed by atoms with van der Waals surface area (Å²) in [5, 5.41) is 0.364. The largest absolute Gasteiger partial charge is 0.390 e. The van der Waals surface area contributed by atoms with E-state index in [0.29, 0.717) is 24.8 Å². The van der Waals surface area contributed by atoms with Gasteiger partial charge in [0.05, 0.1) is 9.90 Å². The van der Waals surface area contributed by atoms with Gasteiger partial charge in [-0.15, -0.1) is 34.5 Å². The summed E-state index contributed by atoms with van der Waals surface area (Å²) >= 11 is 12.8. The van der Waals surface area contributed by atoms with Gasteiger partial charge in [0, 0.05) is 42.6 Å². The molecule has 1 aromatic heterocycles. The van der Waals surface area contributed by atoms with Crippen LogP contribution >= 0.6 is 34.5 Å². The van der Waals surface area contributed by atoms with Gasteiger partial charge in [-0.2, -0.15) is 8.42 Å². The van der Waals surface area contributed by atoms with E-state index in [1.54, 1.807) is 17.5 Å². The average Bonchev–Trinajstić information content (AvgIpc) is 3.24. The molecule has 196 valence electrons. The maximum atomic E-state index is 13.3. The van der Waals surface area contributed by atoms with Gasteiger partial charge in [-0.3, -0.25) is 0 Å². The highest BCUT2D eigenvalue weighted by Crippen LogP contribution is 2.33. The van der Waals surface area contributed by atoms with E-state index >= 15 is 0 Å². The highest BCUT2D eigenvalue weighted by atomic mass is 35.5. The average molecular weight is 597 g/mol. The minimum atomic E-state index is -4.40. The van der Waals surface area contributed by atoms with E-state index in [2.05, 4.69) is 4.72 Å². The first-order chi connectivity index (χ1) is 17.1. The molecular weight excluding hydrogens is 572 g/mol. The number of hydrogen-bond donors (Lipinski definition) is 2. The summed E-state index contributed by atoms with van der Waals surface area (Å²) in [6, 6.07) is 12.0. The van der Waals surface area contributed by atoms with Crippen LogP contribution in [0.2, 0.25) is 0 Å². The normalized spacial score (nSPS) is 12.9. The summed E-state index contributed by atoms with van der Waals surface area (Å²) in [5.74, 6) is 0.214. The lowest BCUT2D eigenvalue weighted by molar-refractivity contribution is 0.471. The molecule has 3 N–H and O–H groups in total. The predicted octanol–water partition coefficient (Wildman–Crippen LogP) is 4.18. The van der Waals surface area contributed by atoms with Gasteiger partial charge in [-0.1, -0.05) is 0 Å². The molecule has 0 spiro atoms. The summed E-state index contributed by atoms with van der Waals surface area (Å²) in [6.45, 7) is 0.557. The number of halogens is 3. The fourth-order valence-corrected chi connectivity index (χ4v) is 6.97. The van der Waals surface area contributed by atoms with E-state index < -0.39 is 37.8 Å². The van der Waals surface area contributed by atoms with Crippen molar-refractivity contribution in [2.24, 2.45) is 0 Å². The van der Waals surface area contributed by atoms with E-state index in [9.17, 15) is 21.2 Å². The van der Waals surface area contributed by atoms with Gasteiger partial charge in [0.15, 0.2) is 0 Å². The number of nitrogen functional groups attached to an aromatic ring is 1. The molecule has 0 saturated heterocycles. The first-order valence-corrected chi connectivity index (χ1v) is 15.5. The minimum absolute atomic E-state index is 0.0376. The molecule has 14 heteroatoms. The van der Waals surface area contributed by atoms with Gasteiger partial charge in [0.1, 0.15) is 16.8 Å². The van der Waals surface area contributed by atoms with Crippen molar-refractivity contribution in [3.63, 3.8) is 0 Å². The maximum Gasteiger partial charge on any atom is 0.317 e. The van der Waals surface area contributed by atoms with Crippen LogP contribution in [0.25, 0.3) is 0 Å². The molecule has 3 rings (SSSR count). The number of thiophene rings is 1. The molecule has 0 aliphatic heterocycles. The molecule has 2 aromatic carbocycles. The molecule has 0 bridgehead atoms. The lowest BCUT2D eigenvalue weighted by atomic mass is 10.2. The third-order valence-electron chi connectivity index (χ3n) is 5.13. The molecule has 0 aliphatic carbocycles. The van der Waals surface area contributed by atoms with E-state index in [4.69, 9.17) is 33.1 Å². The standard InChI is InChI=1S/C22H24Cl2FN3O5S3/c23-10-12-28(13-11-24)17-3-5-18(6-4-17)33-36(31,32)21(20-9-14-34-22(20)26)15-27-35(29,30)19-7-1-16(25)2-8-19/h1-9,14,21,27H,10-13,15,26H2. The van der Waals surface area contributed by atoms with Crippen LogP contribution in [0.5, 0.6) is 5.75 Å². The molecule has 0 amide bonds. The summed E-state index contributed by atoms with van der Waals surface area (Å²) in [6.07, 6.45) is 0. The third-order valence-corrected chi connectivity index (χ3v) is 9.21. The van der Waals surface area contributed by atoms with Crippen LogP contribution < -0.4 is 19.5 Å². The third kappa shape index (κ3) is 7.24. The van der Waals surface area contributed by atoms with Gasteiger partial charge in [0.25, 0.3) is 0 Å². The zero-order chi connectivity index (χ0) is 26.3. The van der Waals surface area contributed by atoms with Crippen LogP contribution in [-0.2, 0) is 20.1 Å². The molecule has 3 aromatic rings. The number of alkyl halides is 2. The summed E-state index contributed by atoms with van der Waals surface area (Å²) in [5.41, 5.74) is 6.95. The van der Waals surface area contributed by atoms with Gasteiger partial charge in [-0.25, -0.2) is 17.5 Å². The first-order valence-electron chi connectivity index (χ1n) is 10.6. The van der Waals surface area contributed by atoms with Crippen molar-refractivity contribution in [1.29, 1.82) is 0 Å². The van der Waals surface area contributed by atoms with Crippen molar-refractivity contribution >= 4 is 65.4 Å². The van der Waals surface area contributed by atoms with E-state index in [0.717, 1.165) is 41.3 Å². The number of hydrogen-bond acceptors (Lipinski definition) is 8. The van der Waals surface area contributed by atoms with Gasteiger partial charge in [0.2, 0.25) is 10.0 Å². The number of benzene rings is 2. The number of anilines is 2. The highest BCUT2D eigenvalue weighted by molar-refractivity contribution is 7.89. The van der Waals surface area contributed by atoms with Gasteiger partial charge >= 0.3 is 10.1 Å². The SMILES string of the molecule is Nc1sccc1C(CNS(=O)(=O)c1ccc(F)cc1)S(=O)(=O)Oc1ccc(N(CCCl)CCCl)cc1. The number of nitrogens with zero attached hydrogens (tertiary/aromatic N) is 1. The van der Waals surface area contributed by atoms with Crippen molar-refractivity contribution in [2.45, 2.75) is 10.1 Å². The van der Waals surface area contributed by atoms with E-state index in [1.807, 2.05) is 4.90 Å². The van der Waals surface area contributed by atoms with Gasteiger partial charge < -0.3 is 14.8 Å². The zero-order valence-electron chi connectivity index (χ0n) is 18.8. The minimum Gasteiger partial charge on any atom is -0.390 e. The quantitative estimate of drug-likeness (QED) is 0.225. The monoisotopic (exact) mass is 595 g/mol. The molecule has 36 heavy (non-hydrogen) atoms.